The van der Waals surface area contributed by atoms with Gasteiger partial charge in [-0.15, -0.1) is 0 Å². The molecule has 1 aliphatic heterocycles. The van der Waals surface area contributed by atoms with Crippen molar-refractivity contribution in [2.75, 3.05) is 23.4 Å². The fourth-order valence-electron chi connectivity index (χ4n) is 4.91. The van der Waals surface area contributed by atoms with Gasteiger partial charge in [0.25, 0.3) is 20.0 Å². The van der Waals surface area contributed by atoms with E-state index in [0.717, 1.165) is 23.2 Å². The highest BCUT2D eigenvalue weighted by Crippen LogP contribution is 2.34. The molecule has 1 heterocycles. The highest BCUT2D eigenvalue weighted by atomic mass is 32.3. The molecule has 0 N–H and O–H groups in total. The third kappa shape index (κ3) is 6.12. The lowest BCUT2D eigenvalue weighted by atomic mass is 10.0. The van der Waals surface area contributed by atoms with E-state index < -0.39 is 20.0 Å². The van der Waals surface area contributed by atoms with Crippen molar-refractivity contribution in [2.45, 2.75) is 75.3 Å². The summed E-state index contributed by atoms with van der Waals surface area (Å²) in [5.74, 6) is 0.412. The fraction of sp³-hybridized carbons (Fsp3) is 0.419. The Hall–Kier alpha value is -2.72. The summed E-state index contributed by atoms with van der Waals surface area (Å²) in [5, 5.41) is 0. The molecule has 216 valence electrons. The molecule has 1 saturated heterocycles. The lowest BCUT2D eigenvalue weighted by Gasteiger charge is -2.37. The molecule has 0 bridgehead atoms. The van der Waals surface area contributed by atoms with Crippen LogP contribution in [0, 0.1) is 0 Å². The number of nitrogens with zero attached hydrogens (tertiary/aromatic N) is 2. The molecule has 7 nitrogen and oxygen atoms in total. The zero-order chi connectivity index (χ0) is 29.2. The summed E-state index contributed by atoms with van der Waals surface area (Å²) in [6.07, 6.45) is -0.181. The fourth-order valence-corrected chi connectivity index (χ4v) is 8.60. The molecule has 40 heavy (non-hydrogen) atoms. The largest absolute Gasteiger partial charge is 0.371 e. The smallest absolute Gasteiger partial charge is 0.277 e. The van der Waals surface area contributed by atoms with E-state index in [4.69, 9.17) is 4.74 Å². The van der Waals surface area contributed by atoms with Gasteiger partial charge in [0.05, 0.1) is 28.2 Å². The highest BCUT2D eigenvalue weighted by Gasteiger charge is 2.37. The highest BCUT2D eigenvalue weighted by molar-refractivity contribution is 8.10. The molecule has 0 spiro atoms. The van der Waals surface area contributed by atoms with E-state index in [2.05, 4.69) is 18.7 Å². The Balaban J connectivity index is 1.78. The van der Waals surface area contributed by atoms with Crippen LogP contribution in [0.1, 0.15) is 76.2 Å². The van der Waals surface area contributed by atoms with Gasteiger partial charge >= 0.3 is 0 Å². The molecule has 3 aromatic carbocycles. The maximum atomic E-state index is 14.0. The first-order chi connectivity index (χ1) is 18.9. The van der Waals surface area contributed by atoms with Gasteiger partial charge in [-0.05, 0) is 78.4 Å². The Morgan fingerprint density at radius 2 is 1.23 bits per heavy atom. The number of hydrogen-bond acceptors (Lipinski definition) is 6. The van der Waals surface area contributed by atoms with Crippen LogP contribution >= 0.6 is 0 Å². The molecule has 2 atom stereocenters. The average Bonchev–Trinajstić information content (AvgIpc) is 2.93. The Bertz CT molecular complexity index is 1420. The van der Waals surface area contributed by atoms with E-state index in [-0.39, 0.29) is 33.4 Å². The van der Waals surface area contributed by atoms with Gasteiger partial charge in [-0.3, -0.25) is 4.90 Å². The number of likely N-dealkylation sites (N-methyl/N-ethyl adjacent to an activating group) is 1. The van der Waals surface area contributed by atoms with Crippen molar-refractivity contribution in [3.05, 3.63) is 89.5 Å². The Morgan fingerprint density at radius 3 is 1.62 bits per heavy atom. The number of morpholine rings is 1. The lowest BCUT2D eigenvalue weighted by Crippen LogP contribution is -2.44. The molecule has 1 fully saturated rings. The SMILES string of the molecule is CCN1C[C@@H](c2ccc(N(S(=O)(=O)c3ccc(C(C)C)cc3)S(=O)(=O)c3ccc(C(C)C)cc3)cc2)OC[C@@H]1C. The van der Waals surface area contributed by atoms with E-state index in [1.54, 1.807) is 48.5 Å². The molecule has 0 saturated carbocycles. The minimum atomic E-state index is -4.48. The van der Waals surface area contributed by atoms with Gasteiger partial charge in [-0.1, -0.05) is 71.0 Å². The van der Waals surface area contributed by atoms with E-state index in [0.29, 0.717) is 22.9 Å². The van der Waals surface area contributed by atoms with E-state index in [9.17, 15) is 16.8 Å². The predicted octanol–water partition coefficient (Wildman–Crippen LogP) is 6.30. The topological polar surface area (TPSA) is 84.0 Å². The Labute approximate surface area is 239 Å². The second-order valence-electron chi connectivity index (χ2n) is 11.0. The molecule has 0 aliphatic carbocycles. The molecule has 3 aromatic rings. The summed E-state index contributed by atoms with van der Waals surface area (Å²) in [5.41, 5.74) is 2.84. The van der Waals surface area contributed by atoms with Crippen molar-refractivity contribution < 1.29 is 21.6 Å². The molecule has 0 aromatic heterocycles. The number of sulfonamides is 2. The minimum absolute atomic E-state index is 0.0427. The quantitative estimate of drug-likeness (QED) is 0.294. The molecule has 4 rings (SSSR count). The van der Waals surface area contributed by atoms with E-state index in [1.807, 2.05) is 27.7 Å². The van der Waals surface area contributed by atoms with E-state index >= 15 is 0 Å². The molecule has 0 radical (unpaired) electrons. The van der Waals surface area contributed by atoms with Crippen LogP contribution in [0.5, 0.6) is 0 Å². The van der Waals surface area contributed by atoms with Crippen LogP contribution in [-0.2, 0) is 24.8 Å². The standard InChI is InChI=1S/C31H40N2O5S2/c1-7-32-20-31(38-21-24(32)6)27-8-14-28(15-9-27)33(39(34,35)29-16-10-25(11-17-29)22(2)3)40(36,37)30-18-12-26(13-19-30)23(4)5/h8-19,22-24,31H,7,20-21H2,1-6H3/t24-,31-/m0/s1. The normalized spacial score (nSPS) is 18.8. The second kappa shape index (κ2) is 12.0. The average molecular weight is 585 g/mol. The first-order valence-corrected chi connectivity index (χ1v) is 16.7. The Kier molecular flexibility index (Phi) is 9.09. The number of rotatable bonds is 9. The second-order valence-corrected chi connectivity index (χ2v) is 14.8. The van der Waals surface area contributed by atoms with Crippen LogP contribution in [0.15, 0.2) is 82.6 Å². The summed E-state index contributed by atoms with van der Waals surface area (Å²) in [6, 6.07) is 19.7. The third-order valence-electron chi connectivity index (χ3n) is 7.57. The lowest BCUT2D eigenvalue weighted by molar-refractivity contribution is -0.0580. The zero-order valence-corrected chi connectivity index (χ0v) is 25.7. The molecule has 1 aliphatic rings. The van der Waals surface area contributed by atoms with Crippen LogP contribution < -0.4 is 3.71 Å². The summed E-state index contributed by atoms with van der Waals surface area (Å²) in [7, 11) is -8.96. The van der Waals surface area contributed by atoms with Crippen LogP contribution in [0.3, 0.4) is 0 Å². The molecule has 0 amide bonds. The van der Waals surface area contributed by atoms with Crippen molar-refractivity contribution in [1.29, 1.82) is 0 Å². The van der Waals surface area contributed by atoms with Gasteiger partial charge in [-0.25, -0.2) is 16.8 Å². The first-order valence-electron chi connectivity index (χ1n) is 13.8. The van der Waals surface area contributed by atoms with Crippen molar-refractivity contribution in [2.24, 2.45) is 0 Å². The molecular formula is C31H40N2O5S2. The summed E-state index contributed by atoms with van der Waals surface area (Å²) in [4.78, 5) is 2.14. The van der Waals surface area contributed by atoms with Crippen molar-refractivity contribution in [3.8, 4) is 0 Å². The van der Waals surface area contributed by atoms with Gasteiger partial charge < -0.3 is 4.74 Å². The number of anilines is 1. The monoisotopic (exact) mass is 584 g/mol. The molecular weight excluding hydrogens is 544 g/mol. The number of benzene rings is 3. The third-order valence-corrected chi connectivity index (χ3v) is 11.8. The van der Waals surface area contributed by atoms with Crippen molar-refractivity contribution >= 4 is 25.7 Å². The van der Waals surface area contributed by atoms with Gasteiger partial charge in [0.15, 0.2) is 0 Å². The maximum absolute atomic E-state index is 14.0. The summed E-state index contributed by atoms with van der Waals surface area (Å²) >= 11 is 0. The molecule has 9 heteroatoms. The zero-order valence-electron chi connectivity index (χ0n) is 24.1. The van der Waals surface area contributed by atoms with Crippen LogP contribution in [0.25, 0.3) is 0 Å². The van der Waals surface area contributed by atoms with Crippen molar-refractivity contribution in [3.63, 3.8) is 0 Å². The van der Waals surface area contributed by atoms with Crippen molar-refractivity contribution in [1.82, 2.24) is 4.90 Å². The summed E-state index contributed by atoms with van der Waals surface area (Å²) < 4.78 is 62.7. The summed E-state index contributed by atoms with van der Waals surface area (Å²) in [6.45, 7) is 14.5. The van der Waals surface area contributed by atoms with Gasteiger partial charge in [0.1, 0.15) is 0 Å². The van der Waals surface area contributed by atoms with E-state index in [1.165, 1.54) is 24.3 Å². The first kappa shape index (κ1) is 30.2. The maximum Gasteiger partial charge on any atom is 0.277 e. The number of hydrogen-bond donors (Lipinski definition) is 0. The van der Waals surface area contributed by atoms with Crippen LogP contribution in [0.4, 0.5) is 5.69 Å². The minimum Gasteiger partial charge on any atom is -0.371 e. The van der Waals surface area contributed by atoms with Gasteiger partial charge in [0, 0.05) is 12.6 Å². The van der Waals surface area contributed by atoms with Crippen LogP contribution in [-0.4, -0.2) is 47.5 Å². The Morgan fingerprint density at radius 1 is 0.775 bits per heavy atom. The molecule has 0 unspecified atom stereocenters. The van der Waals surface area contributed by atoms with Gasteiger partial charge in [-0.2, -0.15) is 3.71 Å². The number of ether oxygens (including phenoxy) is 1. The predicted molar refractivity (Wildman–Crippen MR) is 160 cm³/mol. The van der Waals surface area contributed by atoms with Crippen LogP contribution in [0.2, 0.25) is 0 Å². The van der Waals surface area contributed by atoms with Gasteiger partial charge in [0.2, 0.25) is 0 Å².